The Hall–Kier alpha value is -0.670. The second kappa shape index (κ2) is 3.83. The van der Waals surface area contributed by atoms with Crippen molar-refractivity contribution >= 4 is 12.4 Å². The van der Waals surface area contributed by atoms with Gasteiger partial charge < -0.3 is 5.73 Å². The Kier molecular flexibility index (Phi) is 3.00. The molecule has 0 aliphatic heterocycles. The van der Waals surface area contributed by atoms with Crippen molar-refractivity contribution in [2.75, 3.05) is 0 Å². The van der Waals surface area contributed by atoms with Gasteiger partial charge in [-0.1, -0.05) is 0 Å². The molecule has 0 fully saturated rings. The van der Waals surface area contributed by atoms with Gasteiger partial charge in [0.25, 0.3) is 0 Å². The molecule has 0 aromatic carbocycles. The Balaban J connectivity index is 0.000000720. The van der Waals surface area contributed by atoms with E-state index < -0.39 is 0 Å². The smallest absolute Gasteiger partial charge is 0.116 e. The summed E-state index contributed by atoms with van der Waals surface area (Å²) in [4.78, 5) is 8.33. The molecular formula is C8H12ClN3. The van der Waals surface area contributed by atoms with Crippen LogP contribution in [0, 0.1) is 0 Å². The van der Waals surface area contributed by atoms with E-state index in [1.54, 1.807) is 6.33 Å². The van der Waals surface area contributed by atoms with E-state index in [1.807, 2.05) is 0 Å². The fourth-order valence-corrected chi connectivity index (χ4v) is 1.60. The molecule has 0 bridgehead atoms. The van der Waals surface area contributed by atoms with Crippen LogP contribution in [0.15, 0.2) is 6.33 Å². The number of nitrogens with two attached hydrogens (primary N) is 1. The summed E-state index contributed by atoms with van der Waals surface area (Å²) < 4.78 is 0. The Morgan fingerprint density at radius 3 is 2.92 bits per heavy atom. The van der Waals surface area contributed by atoms with Gasteiger partial charge in [-0.25, -0.2) is 9.97 Å². The van der Waals surface area contributed by atoms with E-state index in [0.717, 1.165) is 18.5 Å². The fraction of sp³-hybridized carbons (Fsp3) is 0.500. The van der Waals surface area contributed by atoms with Crippen LogP contribution in [0.1, 0.15) is 23.4 Å². The predicted octanol–water partition coefficient (Wildman–Crippen LogP) is 0.846. The maximum absolute atomic E-state index is 5.53. The van der Waals surface area contributed by atoms with Gasteiger partial charge in [0.05, 0.1) is 5.69 Å². The standard InChI is InChI=1S/C8H11N3.ClH/c9-4-8-6-2-1-3-7(6)10-5-11-8;/h5H,1-4,9H2;1H. The molecule has 1 aromatic heterocycles. The minimum atomic E-state index is 0. The minimum absolute atomic E-state index is 0. The SMILES string of the molecule is Cl.NCc1ncnc2c1CCC2. The van der Waals surface area contributed by atoms with Crippen LogP contribution in [0.2, 0.25) is 0 Å². The summed E-state index contributed by atoms with van der Waals surface area (Å²) in [7, 11) is 0. The Morgan fingerprint density at radius 2 is 2.17 bits per heavy atom. The molecule has 1 aliphatic rings. The van der Waals surface area contributed by atoms with Crippen molar-refractivity contribution < 1.29 is 0 Å². The third-order valence-electron chi connectivity index (χ3n) is 2.16. The number of aromatic nitrogens is 2. The lowest BCUT2D eigenvalue weighted by atomic mass is 10.2. The molecule has 0 radical (unpaired) electrons. The van der Waals surface area contributed by atoms with Gasteiger partial charge in [0.15, 0.2) is 0 Å². The predicted molar refractivity (Wildman–Crippen MR) is 49.2 cm³/mol. The molecule has 0 saturated heterocycles. The molecule has 1 aliphatic carbocycles. The monoisotopic (exact) mass is 185 g/mol. The number of fused-ring (bicyclic) bond motifs is 1. The molecule has 1 aromatic rings. The zero-order chi connectivity index (χ0) is 7.68. The molecule has 0 spiro atoms. The first-order chi connectivity index (χ1) is 5.42. The molecular weight excluding hydrogens is 174 g/mol. The van der Waals surface area contributed by atoms with Gasteiger partial charge in [-0.3, -0.25) is 0 Å². The first-order valence-corrected chi connectivity index (χ1v) is 3.93. The molecule has 0 unspecified atom stereocenters. The molecule has 12 heavy (non-hydrogen) atoms. The zero-order valence-electron chi connectivity index (χ0n) is 6.79. The highest BCUT2D eigenvalue weighted by atomic mass is 35.5. The van der Waals surface area contributed by atoms with Crippen LogP contribution in [-0.2, 0) is 19.4 Å². The van der Waals surface area contributed by atoms with Crippen LogP contribution >= 0.6 is 12.4 Å². The molecule has 2 N–H and O–H groups in total. The van der Waals surface area contributed by atoms with E-state index in [-0.39, 0.29) is 12.4 Å². The molecule has 3 nitrogen and oxygen atoms in total. The number of hydrogen-bond acceptors (Lipinski definition) is 3. The third kappa shape index (κ3) is 1.42. The van der Waals surface area contributed by atoms with Crippen molar-refractivity contribution in [1.82, 2.24) is 9.97 Å². The number of nitrogens with zero attached hydrogens (tertiary/aromatic N) is 2. The topological polar surface area (TPSA) is 51.8 Å². The highest BCUT2D eigenvalue weighted by molar-refractivity contribution is 5.85. The third-order valence-corrected chi connectivity index (χ3v) is 2.16. The lowest BCUT2D eigenvalue weighted by molar-refractivity contribution is 0.892. The first-order valence-electron chi connectivity index (χ1n) is 3.93. The Morgan fingerprint density at radius 1 is 1.33 bits per heavy atom. The van der Waals surface area contributed by atoms with Gasteiger partial charge in [-0.15, -0.1) is 12.4 Å². The van der Waals surface area contributed by atoms with Crippen molar-refractivity contribution in [3.8, 4) is 0 Å². The number of halogens is 1. The maximum atomic E-state index is 5.53. The molecule has 0 saturated carbocycles. The van der Waals surface area contributed by atoms with E-state index in [4.69, 9.17) is 5.73 Å². The second-order valence-corrected chi connectivity index (χ2v) is 2.80. The zero-order valence-corrected chi connectivity index (χ0v) is 7.60. The van der Waals surface area contributed by atoms with E-state index in [9.17, 15) is 0 Å². The normalized spacial score (nSPS) is 13.8. The molecule has 4 heteroatoms. The Bertz CT molecular complexity index is 275. The summed E-state index contributed by atoms with van der Waals surface area (Å²) in [5.41, 5.74) is 9.08. The summed E-state index contributed by atoms with van der Waals surface area (Å²) in [5, 5.41) is 0. The average molecular weight is 186 g/mol. The van der Waals surface area contributed by atoms with Gasteiger partial charge in [-0.2, -0.15) is 0 Å². The number of hydrogen-bond donors (Lipinski definition) is 1. The van der Waals surface area contributed by atoms with E-state index in [0.29, 0.717) is 6.54 Å². The largest absolute Gasteiger partial charge is 0.325 e. The van der Waals surface area contributed by atoms with Crippen LogP contribution in [0.4, 0.5) is 0 Å². The molecule has 2 rings (SSSR count). The van der Waals surface area contributed by atoms with E-state index in [1.165, 1.54) is 17.7 Å². The van der Waals surface area contributed by atoms with Crippen molar-refractivity contribution in [1.29, 1.82) is 0 Å². The molecule has 0 amide bonds. The van der Waals surface area contributed by atoms with Crippen LogP contribution in [0.5, 0.6) is 0 Å². The number of aryl methyl sites for hydroxylation is 1. The molecule has 0 atom stereocenters. The first kappa shape index (κ1) is 9.42. The summed E-state index contributed by atoms with van der Waals surface area (Å²) in [6.07, 6.45) is 5.04. The van der Waals surface area contributed by atoms with Crippen molar-refractivity contribution in [2.24, 2.45) is 5.73 Å². The summed E-state index contributed by atoms with van der Waals surface area (Å²) in [6, 6.07) is 0. The highest BCUT2D eigenvalue weighted by Crippen LogP contribution is 2.20. The van der Waals surface area contributed by atoms with Gasteiger partial charge in [0.1, 0.15) is 6.33 Å². The van der Waals surface area contributed by atoms with Crippen molar-refractivity contribution in [3.05, 3.63) is 23.3 Å². The van der Waals surface area contributed by atoms with Crippen LogP contribution in [0.25, 0.3) is 0 Å². The summed E-state index contributed by atoms with van der Waals surface area (Å²) >= 11 is 0. The lowest BCUT2D eigenvalue weighted by Gasteiger charge is -2.01. The van der Waals surface area contributed by atoms with Gasteiger partial charge >= 0.3 is 0 Å². The lowest BCUT2D eigenvalue weighted by Crippen LogP contribution is -2.05. The van der Waals surface area contributed by atoms with Gasteiger partial charge in [-0.05, 0) is 24.8 Å². The second-order valence-electron chi connectivity index (χ2n) is 2.80. The van der Waals surface area contributed by atoms with E-state index >= 15 is 0 Å². The minimum Gasteiger partial charge on any atom is -0.325 e. The van der Waals surface area contributed by atoms with Crippen LogP contribution < -0.4 is 5.73 Å². The maximum Gasteiger partial charge on any atom is 0.116 e. The fourth-order valence-electron chi connectivity index (χ4n) is 1.60. The number of rotatable bonds is 1. The van der Waals surface area contributed by atoms with Crippen LogP contribution in [-0.4, -0.2) is 9.97 Å². The van der Waals surface area contributed by atoms with Gasteiger partial charge in [0, 0.05) is 12.2 Å². The quantitative estimate of drug-likeness (QED) is 0.706. The highest BCUT2D eigenvalue weighted by Gasteiger charge is 2.15. The van der Waals surface area contributed by atoms with Crippen molar-refractivity contribution in [2.45, 2.75) is 25.8 Å². The summed E-state index contributed by atoms with van der Waals surface area (Å²) in [6.45, 7) is 0.546. The van der Waals surface area contributed by atoms with Gasteiger partial charge in [0.2, 0.25) is 0 Å². The van der Waals surface area contributed by atoms with E-state index in [2.05, 4.69) is 9.97 Å². The summed E-state index contributed by atoms with van der Waals surface area (Å²) in [5.74, 6) is 0. The average Bonchev–Trinajstić information content (AvgIpc) is 2.50. The van der Waals surface area contributed by atoms with Crippen LogP contribution in [0.3, 0.4) is 0 Å². The Labute approximate surface area is 77.8 Å². The van der Waals surface area contributed by atoms with Crippen molar-refractivity contribution in [3.63, 3.8) is 0 Å². The molecule has 1 heterocycles. The molecule has 66 valence electrons.